The number of hydrogen-bond acceptors (Lipinski definition) is 3. The molecule has 0 amide bonds. The summed E-state index contributed by atoms with van der Waals surface area (Å²) in [6, 6.07) is 11.8. The summed E-state index contributed by atoms with van der Waals surface area (Å²) < 4.78 is 0. The van der Waals surface area contributed by atoms with Gasteiger partial charge in [-0.1, -0.05) is 30.3 Å². The van der Waals surface area contributed by atoms with Crippen LogP contribution >= 0.6 is 0 Å². The fourth-order valence-electron chi connectivity index (χ4n) is 1.17. The molecule has 14 heavy (non-hydrogen) atoms. The van der Waals surface area contributed by atoms with E-state index in [-0.39, 0.29) is 0 Å². The zero-order valence-electron chi connectivity index (χ0n) is 7.46. The maximum Gasteiger partial charge on any atom is 0.182 e. The summed E-state index contributed by atoms with van der Waals surface area (Å²) in [6.45, 7) is 0.600. The van der Waals surface area contributed by atoms with Gasteiger partial charge in [-0.15, -0.1) is 5.10 Å². The topological polar surface area (TPSA) is 54.5 Å². The van der Waals surface area contributed by atoms with Crippen molar-refractivity contribution in [2.45, 2.75) is 6.54 Å². The number of benzene rings is 1. The van der Waals surface area contributed by atoms with Crippen molar-refractivity contribution in [2.75, 3.05) is 0 Å². The van der Waals surface area contributed by atoms with Crippen LogP contribution in [0.3, 0.4) is 0 Å². The third-order valence-electron chi connectivity index (χ3n) is 1.82. The van der Waals surface area contributed by atoms with Gasteiger partial charge in [-0.2, -0.15) is 15.2 Å². The minimum absolute atomic E-state index is 0.348. The van der Waals surface area contributed by atoms with E-state index in [9.17, 15) is 0 Å². The molecule has 1 heterocycles. The van der Waals surface area contributed by atoms with Crippen LogP contribution in [0.1, 0.15) is 11.3 Å². The molecule has 0 unspecified atom stereocenters. The highest BCUT2D eigenvalue weighted by molar-refractivity contribution is 5.16. The summed E-state index contributed by atoms with van der Waals surface area (Å²) in [7, 11) is 0. The van der Waals surface area contributed by atoms with Gasteiger partial charge in [0.2, 0.25) is 0 Å². The van der Waals surface area contributed by atoms with Gasteiger partial charge >= 0.3 is 0 Å². The van der Waals surface area contributed by atoms with Crippen LogP contribution < -0.4 is 0 Å². The van der Waals surface area contributed by atoms with Gasteiger partial charge in [0.25, 0.3) is 0 Å². The lowest BCUT2D eigenvalue weighted by Gasteiger charge is -1.98. The summed E-state index contributed by atoms with van der Waals surface area (Å²) in [5.74, 6) is 0. The highest BCUT2D eigenvalue weighted by atomic mass is 15.5. The van der Waals surface area contributed by atoms with Crippen molar-refractivity contribution in [3.05, 3.63) is 47.8 Å². The lowest BCUT2D eigenvalue weighted by Crippen LogP contribution is -2.03. The molecule has 0 saturated heterocycles. The van der Waals surface area contributed by atoms with Gasteiger partial charge in [-0.05, 0) is 5.56 Å². The molecule has 0 aliphatic heterocycles. The molecule has 1 aromatic heterocycles. The lowest BCUT2D eigenvalue weighted by atomic mass is 10.2. The first-order valence-corrected chi connectivity index (χ1v) is 4.22. The SMILES string of the molecule is N#Cc1cnn(Cc2ccccc2)n1. The second-order valence-corrected chi connectivity index (χ2v) is 2.86. The molecule has 0 aliphatic carbocycles. The van der Waals surface area contributed by atoms with Crippen molar-refractivity contribution in [3.8, 4) is 6.07 Å². The number of aromatic nitrogens is 3. The Morgan fingerprint density at radius 1 is 1.29 bits per heavy atom. The Morgan fingerprint density at radius 2 is 2.07 bits per heavy atom. The Morgan fingerprint density at radius 3 is 2.71 bits per heavy atom. The normalized spacial score (nSPS) is 9.64. The van der Waals surface area contributed by atoms with Crippen molar-refractivity contribution in [1.29, 1.82) is 5.26 Å². The first kappa shape index (κ1) is 8.45. The summed E-state index contributed by atoms with van der Waals surface area (Å²) in [5.41, 5.74) is 1.47. The highest BCUT2D eigenvalue weighted by Crippen LogP contribution is 2.00. The van der Waals surface area contributed by atoms with E-state index >= 15 is 0 Å². The largest absolute Gasteiger partial charge is 0.191 e. The molecule has 0 fully saturated rings. The molecule has 0 aliphatic rings. The molecular weight excluding hydrogens is 176 g/mol. The average Bonchev–Trinajstić information content (AvgIpc) is 2.67. The number of nitrogens with zero attached hydrogens (tertiary/aromatic N) is 4. The van der Waals surface area contributed by atoms with E-state index in [0.29, 0.717) is 12.2 Å². The van der Waals surface area contributed by atoms with Crippen LogP contribution in [0.25, 0.3) is 0 Å². The molecule has 0 saturated carbocycles. The quantitative estimate of drug-likeness (QED) is 0.704. The molecule has 2 rings (SSSR count). The summed E-state index contributed by atoms with van der Waals surface area (Å²) in [5, 5.41) is 16.5. The van der Waals surface area contributed by atoms with Gasteiger partial charge < -0.3 is 0 Å². The van der Waals surface area contributed by atoms with Crippen LogP contribution in [0, 0.1) is 11.3 Å². The highest BCUT2D eigenvalue weighted by Gasteiger charge is 1.98. The van der Waals surface area contributed by atoms with Gasteiger partial charge in [0.1, 0.15) is 6.07 Å². The van der Waals surface area contributed by atoms with E-state index in [2.05, 4.69) is 10.2 Å². The van der Waals surface area contributed by atoms with Crippen LogP contribution in [0.15, 0.2) is 36.5 Å². The molecule has 0 radical (unpaired) electrons. The molecule has 4 heteroatoms. The smallest absolute Gasteiger partial charge is 0.182 e. The zero-order chi connectivity index (χ0) is 9.80. The molecule has 0 atom stereocenters. The fraction of sp³-hybridized carbons (Fsp3) is 0.100. The summed E-state index contributed by atoms with van der Waals surface area (Å²) in [4.78, 5) is 1.51. The molecule has 0 N–H and O–H groups in total. The number of hydrogen-bond donors (Lipinski definition) is 0. The first-order valence-electron chi connectivity index (χ1n) is 4.22. The molecular formula is C10H8N4. The van der Waals surface area contributed by atoms with Crippen LogP contribution in [0.5, 0.6) is 0 Å². The molecule has 0 spiro atoms. The number of rotatable bonds is 2. The second-order valence-electron chi connectivity index (χ2n) is 2.86. The third-order valence-corrected chi connectivity index (χ3v) is 1.82. The van der Waals surface area contributed by atoms with Crippen LogP contribution in [0.2, 0.25) is 0 Å². The van der Waals surface area contributed by atoms with E-state index in [1.807, 2.05) is 36.4 Å². The minimum Gasteiger partial charge on any atom is -0.191 e. The predicted molar refractivity (Wildman–Crippen MR) is 50.3 cm³/mol. The van der Waals surface area contributed by atoms with E-state index in [4.69, 9.17) is 5.26 Å². The summed E-state index contributed by atoms with van der Waals surface area (Å²) >= 11 is 0. The maximum atomic E-state index is 8.55. The Balaban J connectivity index is 2.16. The summed E-state index contributed by atoms with van der Waals surface area (Å²) in [6.07, 6.45) is 1.46. The Kier molecular flexibility index (Phi) is 2.24. The average molecular weight is 184 g/mol. The van der Waals surface area contributed by atoms with Gasteiger partial charge in [0.05, 0.1) is 12.7 Å². The third kappa shape index (κ3) is 1.77. The van der Waals surface area contributed by atoms with Gasteiger partial charge in [-0.25, -0.2) is 0 Å². The van der Waals surface area contributed by atoms with E-state index < -0.39 is 0 Å². The monoisotopic (exact) mass is 184 g/mol. The van der Waals surface area contributed by atoms with Crippen molar-refractivity contribution in [2.24, 2.45) is 0 Å². The van der Waals surface area contributed by atoms with Crippen LogP contribution in [-0.4, -0.2) is 15.0 Å². The molecule has 0 bridgehead atoms. The first-order chi connectivity index (χ1) is 6.88. The number of nitriles is 1. The maximum absolute atomic E-state index is 8.55. The van der Waals surface area contributed by atoms with E-state index in [0.717, 1.165) is 5.56 Å². The minimum atomic E-state index is 0.348. The van der Waals surface area contributed by atoms with Crippen molar-refractivity contribution < 1.29 is 0 Å². The van der Waals surface area contributed by atoms with Crippen molar-refractivity contribution in [1.82, 2.24) is 15.0 Å². The van der Waals surface area contributed by atoms with Gasteiger partial charge in [0, 0.05) is 0 Å². The Hall–Kier alpha value is -2.15. The van der Waals surface area contributed by atoms with Crippen molar-refractivity contribution in [3.63, 3.8) is 0 Å². The zero-order valence-corrected chi connectivity index (χ0v) is 7.46. The molecule has 68 valence electrons. The van der Waals surface area contributed by atoms with Crippen LogP contribution in [-0.2, 0) is 6.54 Å². The van der Waals surface area contributed by atoms with Crippen molar-refractivity contribution >= 4 is 0 Å². The van der Waals surface area contributed by atoms with Gasteiger partial charge in [0.15, 0.2) is 5.69 Å². The predicted octanol–water partition coefficient (Wildman–Crippen LogP) is 1.20. The molecule has 2 aromatic rings. The fourth-order valence-corrected chi connectivity index (χ4v) is 1.17. The van der Waals surface area contributed by atoms with Crippen LogP contribution in [0.4, 0.5) is 0 Å². The molecule has 4 nitrogen and oxygen atoms in total. The second kappa shape index (κ2) is 3.71. The Labute approximate surface area is 81.4 Å². The lowest BCUT2D eigenvalue weighted by molar-refractivity contribution is 0.590. The van der Waals surface area contributed by atoms with Gasteiger partial charge in [-0.3, -0.25) is 0 Å². The molecule has 1 aromatic carbocycles. The van der Waals surface area contributed by atoms with E-state index in [1.54, 1.807) is 0 Å². The van der Waals surface area contributed by atoms with E-state index in [1.165, 1.54) is 11.0 Å². The standard InChI is InChI=1S/C10H8N4/c11-6-10-7-12-14(13-10)8-9-4-2-1-3-5-9/h1-5,7H,8H2. The Bertz CT molecular complexity index is 452.